The maximum atomic E-state index is 17.6. The number of rotatable bonds is 20. The molecule has 4 aromatic carbocycles. The number of aliphatic hydroxyl groups excluding tert-OH is 15. The minimum absolute atomic E-state index is 0.114. The van der Waals surface area contributed by atoms with E-state index < -0.39 is 298 Å². The highest BCUT2D eigenvalue weighted by Gasteiger charge is 2.49. The molecular formula is C68H60F12N4O21S3. The zero-order valence-corrected chi connectivity index (χ0v) is 57.0. The normalized spacial score (nSPS) is 26.0. The Hall–Kier alpha value is -7.31. The molecule has 0 radical (unpaired) electrons. The smallest absolute Gasteiger partial charge is 0.229 e. The summed E-state index contributed by atoms with van der Waals surface area (Å²) in [6, 6.07) is 8.63. The molecule has 8 heterocycles. The molecule has 580 valence electrons. The predicted octanol–water partition coefficient (Wildman–Crippen LogP) is 4.44. The number of aliphatic hydroxyl groups is 16. The molecular weight excluding hydrogens is 1530 g/mol. The van der Waals surface area contributed by atoms with Gasteiger partial charge in [-0.25, -0.2) is 62.7 Å². The average molecular weight is 1590 g/mol. The van der Waals surface area contributed by atoms with E-state index in [1.807, 2.05) is 0 Å². The third-order valence-corrected chi connectivity index (χ3v) is 21.7. The van der Waals surface area contributed by atoms with Crippen molar-refractivity contribution in [2.75, 3.05) is 26.4 Å². The van der Waals surface area contributed by atoms with Crippen LogP contribution >= 0.6 is 35.3 Å². The molecule has 0 amide bonds. The summed E-state index contributed by atoms with van der Waals surface area (Å²) in [5.41, 5.74) is -21.1. The van der Waals surface area contributed by atoms with Gasteiger partial charge in [-0.15, -0.1) is 0 Å². The lowest BCUT2D eigenvalue weighted by atomic mass is 9.99. The number of aromatic amines is 2. The van der Waals surface area contributed by atoms with Gasteiger partial charge < -0.3 is 115 Å². The van der Waals surface area contributed by atoms with Gasteiger partial charge in [0.15, 0.2) is 81.5 Å². The number of fused-ring (bicyclic) bond motifs is 8. The fraction of sp³-hybridized carbons (Fsp3) is 0.353. The van der Waals surface area contributed by atoms with Gasteiger partial charge in [0, 0.05) is 44.3 Å². The summed E-state index contributed by atoms with van der Waals surface area (Å²) in [7, 11) is 0. The molecule has 12 rings (SSSR count). The number of ether oxygens (including phenoxy) is 5. The van der Waals surface area contributed by atoms with E-state index in [1.165, 1.54) is 24.3 Å². The van der Waals surface area contributed by atoms with Crippen molar-refractivity contribution >= 4 is 81.7 Å². The highest BCUT2D eigenvalue weighted by Crippen LogP contribution is 2.49. The first kappa shape index (κ1) is 80.2. The molecule has 0 spiro atoms. The van der Waals surface area contributed by atoms with Crippen molar-refractivity contribution in [3.05, 3.63) is 141 Å². The second-order valence-electron chi connectivity index (χ2n) is 24.9. The van der Waals surface area contributed by atoms with Gasteiger partial charge in [0.05, 0.1) is 86.7 Å². The van der Waals surface area contributed by atoms with Crippen LogP contribution in [-0.2, 0) is 18.9 Å². The van der Waals surface area contributed by atoms with E-state index in [2.05, 4.69) is 19.9 Å². The SMILES string of the molecule is C[C@@H](O)C(CO)O[C@@H](Sc1c(F)c(F)c(-c2c3nc(c(-c4cccc(O[C@@H]5OC(CO)[C@@H](O)C(O)C5O)c4)c4ccc([nH]4)c(-c4c(F)c(F)c(S[C@@H]5OC(CO)[C@H](O)C(O)C5O)c(F)c4F)c4nc(c(-c5c(F)c(F)c(SC6O[C@H](CO)C(O)C(O)[C@H]6O)c(F)c5F)c5ccc2[nH]5)C=C4)C=C3)c(F)c1F)C(O)O. The van der Waals surface area contributed by atoms with Crippen LogP contribution in [0, 0.1) is 69.8 Å². The highest BCUT2D eigenvalue weighted by molar-refractivity contribution is 8.00. The van der Waals surface area contributed by atoms with E-state index in [4.69, 9.17) is 23.7 Å². The van der Waals surface area contributed by atoms with Crippen molar-refractivity contribution in [3.8, 4) is 50.3 Å². The Bertz CT molecular complexity index is 4780. The number of H-pyrrole nitrogens is 2. The van der Waals surface area contributed by atoms with E-state index in [9.17, 15) is 81.7 Å². The fourth-order valence-corrected chi connectivity index (χ4v) is 15.6. The number of thioether (sulfide) groups is 3. The standard InChI is InChI=1S/C68H60F12N4O21S3/c1-18(89)29(14-85)103-68(64(99)100)108-63-50(79)44(73)38(45(74)51(63)80)35-24-8-6-22(82-24)33(19-3-2-4-20(13-19)101-65-58(96)55(93)52(90)30(15-86)102-65)21-5-7-23(81-21)34(37-40(69)46(75)61(47(76)41(37)70)106-66-59(97)56(94)53(91)31(16-87)104-66)25-9-11-27(83-25)36(28-12-10-26(35)84-28)39-42(71)48(77)62(49(78)43(39)72)107-67-60(98)57(95)54(92)32(17-88)105-67/h2-13,18,29-32,52-60,64-68,81,84-100H,14-17H2,1H3/t18-,29?,30?,31?,32-,52-,53+,54?,55?,56?,57?,58?,59?,60-,65-,66+,67?,68+/m1/s1. The molecule has 3 fully saturated rings. The molecule has 0 aliphatic carbocycles. The lowest BCUT2D eigenvalue weighted by Gasteiger charge is -2.39. The Morgan fingerprint density at radius 1 is 0.426 bits per heavy atom. The van der Waals surface area contributed by atoms with Gasteiger partial charge in [-0.1, -0.05) is 47.4 Å². The summed E-state index contributed by atoms with van der Waals surface area (Å²) in [4.78, 5) is 9.42. The molecule has 3 saturated heterocycles. The molecule has 3 aromatic heterocycles. The van der Waals surface area contributed by atoms with Gasteiger partial charge >= 0.3 is 0 Å². The number of hydrogen-bond donors (Lipinski definition) is 18. The van der Waals surface area contributed by atoms with Crippen molar-refractivity contribution in [1.29, 1.82) is 0 Å². The topological polar surface area (TPSA) is 427 Å². The Morgan fingerprint density at radius 3 is 1.14 bits per heavy atom. The van der Waals surface area contributed by atoms with Crippen molar-refractivity contribution in [2.24, 2.45) is 0 Å². The Labute approximate surface area is 610 Å². The Morgan fingerprint density at radius 2 is 0.778 bits per heavy atom. The first-order chi connectivity index (χ1) is 51.3. The second kappa shape index (κ2) is 32.2. The van der Waals surface area contributed by atoms with Gasteiger partial charge in [-0.2, -0.15) is 0 Å². The van der Waals surface area contributed by atoms with E-state index in [0.29, 0.717) is 0 Å². The van der Waals surface area contributed by atoms with Crippen LogP contribution < -0.4 is 4.74 Å². The molecule has 5 aliphatic rings. The van der Waals surface area contributed by atoms with Crippen molar-refractivity contribution < 1.29 is 158 Å². The first-order valence-corrected chi connectivity index (χ1v) is 34.7. The van der Waals surface area contributed by atoms with Crippen molar-refractivity contribution in [1.82, 2.24) is 19.9 Å². The van der Waals surface area contributed by atoms with Crippen LogP contribution in [0.5, 0.6) is 5.75 Å². The minimum Gasteiger partial charge on any atom is -0.462 e. The number of nitrogens with zero attached hydrogens (tertiary/aromatic N) is 2. The van der Waals surface area contributed by atoms with Gasteiger partial charge in [0.2, 0.25) is 6.29 Å². The third-order valence-electron chi connectivity index (χ3n) is 18.1. The van der Waals surface area contributed by atoms with E-state index in [1.54, 1.807) is 0 Å². The molecule has 25 nitrogen and oxygen atoms in total. The summed E-state index contributed by atoms with van der Waals surface area (Å²) >= 11 is -0.951. The van der Waals surface area contributed by atoms with Gasteiger partial charge in [-0.05, 0) is 73.2 Å². The maximum absolute atomic E-state index is 17.6. The largest absolute Gasteiger partial charge is 0.462 e. The Balaban J connectivity index is 1.17. The monoisotopic (exact) mass is 1590 g/mol. The van der Waals surface area contributed by atoms with Crippen LogP contribution in [0.1, 0.15) is 29.7 Å². The van der Waals surface area contributed by atoms with Crippen LogP contribution in [0.15, 0.2) is 63.2 Å². The highest BCUT2D eigenvalue weighted by atomic mass is 32.2. The predicted molar refractivity (Wildman–Crippen MR) is 355 cm³/mol. The molecule has 18 N–H and O–H groups in total. The quantitative estimate of drug-likeness (QED) is 0.0217. The summed E-state index contributed by atoms with van der Waals surface area (Å²) < 4.78 is 235. The summed E-state index contributed by atoms with van der Waals surface area (Å²) in [5.74, 6) is -28.1. The molecule has 0 saturated carbocycles. The van der Waals surface area contributed by atoms with Crippen LogP contribution in [0.25, 0.3) is 90.9 Å². The number of benzene rings is 4. The summed E-state index contributed by atoms with van der Waals surface area (Å²) in [5, 5.41) is 165. The zero-order chi connectivity index (χ0) is 78.2. The van der Waals surface area contributed by atoms with Crippen molar-refractivity contribution in [3.63, 3.8) is 0 Å². The third kappa shape index (κ3) is 14.5. The number of nitrogens with one attached hydrogen (secondary N) is 2. The van der Waals surface area contributed by atoms with E-state index in [-0.39, 0.29) is 57.7 Å². The molecule has 5 aliphatic heterocycles. The first-order valence-electron chi connectivity index (χ1n) is 32.0. The van der Waals surface area contributed by atoms with Crippen molar-refractivity contribution in [2.45, 2.75) is 136 Å². The molecule has 18 atom stereocenters. The van der Waals surface area contributed by atoms with Gasteiger partial charge in [0.1, 0.15) is 96.0 Å². The van der Waals surface area contributed by atoms with Crippen LogP contribution in [0.2, 0.25) is 0 Å². The number of hydrogen-bond acceptors (Lipinski definition) is 26. The van der Waals surface area contributed by atoms with Gasteiger partial charge in [-0.3, -0.25) is 0 Å². The molecule has 7 aromatic rings. The second-order valence-corrected chi connectivity index (χ2v) is 28.2. The Kier molecular flexibility index (Phi) is 23.9. The maximum Gasteiger partial charge on any atom is 0.229 e. The number of aromatic nitrogens is 4. The van der Waals surface area contributed by atoms with Crippen LogP contribution in [-0.4, -0.2) is 242 Å². The summed E-state index contributed by atoms with van der Waals surface area (Å²) in [6.07, 6.45) is -28.3. The molecule has 10 unspecified atom stereocenters. The van der Waals surface area contributed by atoms with Crippen LogP contribution in [0.3, 0.4) is 0 Å². The van der Waals surface area contributed by atoms with Gasteiger partial charge in [0.25, 0.3) is 0 Å². The van der Waals surface area contributed by atoms with E-state index in [0.717, 1.165) is 55.5 Å². The number of halogens is 12. The minimum atomic E-state index is -2.77. The lowest BCUT2D eigenvalue weighted by Crippen LogP contribution is -2.60. The van der Waals surface area contributed by atoms with Crippen LogP contribution in [0.4, 0.5) is 52.7 Å². The zero-order valence-electron chi connectivity index (χ0n) is 54.6. The molecule has 108 heavy (non-hydrogen) atoms. The molecule has 40 heteroatoms. The average Bonchev–Trinajstić information content (AvgIpc) is 1.48. The molecule has 8 bridgehead atoms. The lowest BCUT2D eigenvalue weighted by molar-refractivity contribution is -0.277. The van der Waals surface area contributed by atoms with E-state index >= 15 is 52.7 Å². The summed E-state index contributed by atoms with van der Waals surface area (Å²) in [6.45, 7) is -3.07. The fourth-order valence-electron chi connectivity index (χ4n) is 12.4.